The molecule has 0 rings (SSSR count). The summed E-state index contributed by atoms with van der Waals surface area (Å²) in [6.45, 7) is 17.3. The Morgan fingerprint density at radius 1 is 1.00 bits per heavy atom. The molecule has 1 N–H and O–H groups in total. The first-order chi connectivity index (χ1) is 10.6. The van der Waals surface area contributed by atoms with Gasteiger partial charge in [0.15, 0.2) is 16.6 Å². The number of carbonyl (C=O) groups is 2. The maximum Gasteiger partial charge on any atom is 0.331 e. The Labute approximate surface area is 148 Å². The van der Waals surface area contributed by atoms with Crippen molar-refractivity contribution in [2.45, 2.75) is 64.7 Å². The second kappa shape index (κ2) is 9.09. The van der Waals surface area contributed by atoms with Gasteiger partial charge in [-0.25, -0.2) is 9.59 Å². The zero-order valence-corrected chi connectivity index (χ0v) is 19.1. The van der Waals surface area contributed by atoms with Gasteiger partial charge in [-0.2, -0.15) is 0 Å². The van der Waals surface area contributed by atoms with Gasteiger partial charge in [0.2, 0.25) is 0 Å². The SMILES string of the molecule is CC(CCOC(=O)/C=C/C(=O)O)[Si](C)(C)O[Si](C)(C)O[Si](C)(C)C. The summed E-state index contributed by atoms with van der Waals surface area (Å²) in [7, 11) is -5.83. The van der Waals surface area contributed by atoms with Crippen molar-refractivity contribution < 1.29 is 27.7 Å². The van der Waals surface area contributed by atoms with Crippen molar-refractivity contribution >= 4 is 37.1 Å². The highest BCUT2D eigenvalue weighted by Gasteiger charge is 2.40. The standard InChI is InChI=1S/C15H32O6Si3/c1-13(11-12-19-15(18)10-9-14(16)17)23(5,6)21-24(7,8)20-22(2,3)4/h9-10,13H,11-12H2,1-8H3,(H,16,17)/b10-9+. The number of esters is 1. The summed E-state index contributed by atoms with van der Waals surface area (Å²) in [5.74, 6) is -1.81. The van der Waals surface area contributed by atoms with Crippen molar-refractivity contribution in [1.82, 2.24) is 0 Å². The lowest BCUT2D eigenvalue weighted by molar-refractivity contribution is -0.138. The monoisotopic (exact) mass is 392 g/mol. The molecule has 9 heteroatoms. The lowest BCUT2D eigenvalue weighted by atomic mass is 10.3. The fourth-order valence-corrected chi connectivity index (χ4v) is 15.5. The number of carbonyl (C=O) groups excluding carboxylic acids is 1. The molecule has 0 saturated heterocycles. The molecule has 0 aromatic heterocycles. The number of carboxylic acid groups (broad SMARTS) is 1. The number of hydrogen-bond donors (Lipinski definition) is 1. The van der Waals surface area contributed by atoms with E-state index in [2.05, 4.69) is 52.8 Å². The van der Waals surface area contributed by atoms with E-state index in [1.807, 2.05) is 0 Å². The van der Waals surface area contributed by atoms with E-state index in [0.29, 0.717) is 6.42 Å². The fourth-order valence-electron chi connectivity index (χ4n) is 2.36. The van der Waals surface area contributed by atoms with Crippen LogP contribution in [0.5, 0.6) is 0 Å². The first-order valence-electron chi connectivity index (χ1n) is 8.13. The molecular weight excluding hydrogens is 360 g/mol. The van der Waals surface area contributed by atoms with Crippen LogP contribution in [0.1, 0.15) is 13.3 Å². The van der Waals surface area contributed by atoms with Gasteiger partial charge in [0.1, 0.15) is 0 Å². The smallest absolute Gasteiger partial charge is 0.331 e. The van der Waals surface area contributed by atoms with Crippen LogP contribution in [0, 0.1) is 0 Å². The highest BCUT2D eigenvalue weighted by atomic mass is 28.5. The molecule has 1 unspecified atom stereocenters. The van der Waals surface area contributed by atoms with Gasteiger partial charge in [0.05, 0.1) is 6.61 Å². The zero-order chi connectivity index (χ0) is 19.2. The molecular formula is C15H32O6Si3. The lowest BCUT2D eigenvalue weighted by Crippen LogP contribution is -2.52. The molecule has 1 atom stereocenters. The first-order valence-corrected chi connectivity index (χ1v) is 17.3. The Morgan fingerprint density at radius 2 is 1.54 bits per heavy atom. The van der Waals surface area contributed by atoms with Crippen molar-refractivity contribution in [2.24, 2.45) is 0 Å². The van der Waals surface area contributed by atoms with E-state index in [-0.39, 0.29) is 12.1 Å². The van der Waals surface area contributed by atoms with Gasteiger partial charge in [-0.3, -0.25) is 0 Å². The van der Waals surface area contributed by atoms with Crippen LogP contribution < -0.4 is 0 Å². The number of rotatable bonds is 10. The summed E-state index contributed by atoms with van der Waals surface area (Å²) >= 11 is 0. The van der Waals surface area contributed by atoms with Gasteiger partial charge in [0, 0.05) is 12.2 Å². The largest absolute Gasteiger partial charge is 0.478 e. The summed E-state index contributed by atoms with van der Waals surface area (Å²) in [4.78, 5) is 21.7. The molecule has 24 heavy (non-hydrogen) atoms. The van der Waals surface area contributed by atoms with E-state index in [1.54, 1.807) is 0 Å². The average molecular weight is 393 g/mol. The first kappa shape index (κ1) is 23.3. The predicted octanol–water partition coefficient (Wildman–Crippen LogP) is 3.73. The van der Waals surface area contributed by atoms with Crippen LogP contribution in [0.25, 0.3) is 0 Å². The van der Waals surface area contributed by atoms with E-state index in [4.69, 9.17) is 18.1 Å². The Hall–Kier alpha value is -0.749. The van der Waals surface area contributed by atoms with Gasteiger partial charge >= 0.3 is 20.5 Å². The van der Waals surface area contributed by atoms with Crippen LogP contribution in [0.15, 0.2) is 12.2 Å². The Kier molecular flexibility index (Phi) is 8.80. The third-order valence-corrected chi connectivity index (χ3v) is 14.6. The van der Waals surface area contributed by atoms with E-state index in [1.165, 1.54) is 0 Å². The van der Waals surface area contributed by atoms with Crippen molar-refractivity contribution in [1.29, 1.82) is 0 Å². The average Bonchev–Trinajstić information content (AvgIpc) is 2.31. The van der Waals surface area contributed by atoms with Crippen molar-refractivity contribution in [3.63, 3.8) is 0 Å². The summed E-state index contributed by atoms with van der Waals surface area (Å²) in [5, 5.41) is 8.46. The second-order valence-electron chi connectivity index (χ2n) is 7.85. The number of carboxylic acids is 1. The molecule has 0 saturated carbocycles. The van der Waals surface area contributed by atoms with E-state index in [9.17, 15) is 9.59 Å². The van der Waals surface area contributed by atoms with Crippen LogP contribution in [0.4, 0.5) is 0 Å². The Balaban J connectivity index is 4.49. The quantitative estimate of drug-likeness (QED) is 0.346. The predicted molar refractivity (Wildman–Crippen MR) is 102 cm³/mol. The molecule has 0 fully saturated rings. The maximum absolute atomic E-state index is 11.4. The molecule has 0 aromatic carbocycles. The van der Waals surface area contributed by atoms with Gasteiger partial charge in [0.25, 0.3) is 0 Å². The highest BCUT2D eigenvalue weighted by Crippen LogP contribution is 2.30. The minimum absolute atomic E-state index is 0.251. The zero-order valence-electron chi connectivity index (χ0n) is 16.1. The molecule has 6 nitrogen and oxygen atoms in total. The molecule has 0 aliphatic carbocycles. The molecule has 0 heterocycles. The third-order valence-electron chi connectivity index (χ3n) is 3.40. The van der Waals surface area contributed by atoms with E-state index < -0.39 is 37.1 Å². The summed E-state index contributed by atoms with van der Waals surface area (Å²) in [6.07, 6.45) is 2.38. The van der Waals surface area contributed by atoms with E-state index >= 15 is 0 Å². The molecule has 0 spiro atoms. The molecule has 0 amide bonds. The van der Waals surface area contributed by atoms with Crippen LogP contribution in [-0.2, 0) is 22.6 Å². The van der Waals surface area contributed by atoms with Crippen LogP contribution >= 0.6 is 0 Å². The molecule has 0 aliphatic rings. The number of ether oxygens (including phenoxy) is 1. The topological polar surface area (TPSA) is 82.1 Å². The van der Waals surface area contributed by atoms with E-state index in [0.717, 1.165) is 12.2 Å². The summed E-state index contributed by atoms with van der Waals surface area (Å²) in [6, 6.07) is 0. The number of aliphatic carboxylic acids is 1. The highest BCUT2D eigenvalue weighted by molar-refractivity contribution is 6.87. The fraction of sp³-hybridized carbons (Fsp3) is 0.733. The maximum atomic E-state index is 11.4. The second-order valence-corrected chi connectivity index (χ2v) is 20.7. The Morgan fingerprint density at radius 3 is 2.00 bits per heavy atom. The van der Waals surface area contributed by atoms with Gasteiger partial charge < -0.3 is 18.1 Å². The van der Waals surface area contributed by atoms with Crippen LogP contribution in [-0.4, -0.2) is 48.8 Å². The summed E-state index contributed by atoms with van der Waals surface area (Å²) < 4.78 is 17.7. The summed E-state index contributed by atoms with van der Waals surface area (Å²) in [5.41, 5.74) is 0.283. The van der Waals surface area contributed by atoms with Crippen molar-refractivity contribution in [2.75, 3.05) is 6.61 Å². The minimum atomic E-state index is -2.18. The molecule has 140 valence electrons. The van der Waals surface area contributed by atoms with Crippen molar-refractivity contribution in [3.05, 3.63) is 12.2 Å². The van der Waals surface area contributed by atoms with Gasteiger partial charge in [-0.05, 0) is 57.8 Å². The van der Waals surface area contributed by atoms with Crippen LogP contribution in [0.3, 0.4) is 0 Å². The van der Waals surface area contributed by atoms with Crippen molar-refractivity contribution in [3.8, 4) is 0 Å². The Bertz CT molecular complexity index is 468. The van der Waals surface area contributed by atoms with Gasteiger partial charge in [-0.1, -0.05) is 6.92 Å². The lowest BCUT2D eigenvalue weighted by Gasteiger charge is -2.40. The molecule has 0 aromatic rings. The number of hydrogen-bond acceptors (Lipinski definition) is 5. The minimum Gasteiger partial charge on any atom is -0.478 e. The van der Waals surface area contributed by atoms with Crippen LogP contribution in [0.2, 0.25) is 51.4 Å². The van der Waals surface area contributed by atoms with Gasteiger partial charge in [-0.15, -0.1) is 0 Å². The molecule has 0 radical (unpaired) electrons. The third kappa shape index (κ3) is 10.9. The normalized spacial score (nSPS) is 14.7. The molecule has 0 bridgehead atoms. The molecule has 0 aliphatic heterocycles.